The molecule has 0 radical (unpaired) electrons. The third-order valence-corrected chi connectivity index (χ3v) is 6.37. The van der Waals surface area contributed by atoms with Crippen LogP contribution in [0.4, 0.5) is 5.69 Å². The molecule has 3 aromatic rings. The third-order valence-electron chi connectivity index (χ3n) is 4.87. The summed E-state index contributed by atoms with van der Waals surface area (Å²) < 4.78 is 23.2. The van der Waals surface area contributed by atoms with Gasteiger partial charge in [0.05, 0.1) is 22.3 Å². The van der Waals surface area contributed by atoms with E-state index in [2.05, 4.69) is 0 Å². The zero-order valence-corrected chi connectivity index (χ0v) is 17.9. The third kappa shape index (κ3) is 4.02. The molecule has 0 aliphatic carbocycles. The lowest BCUT2D eigenvalue weighted by Gasteiger charge is -2.25. The van der Waals surface area contributed by atoms with Gasteiger partial charge in [-0.3, -0.25) is 5.01 Å². The Morgan fingerprint density at radius 3 is 2.40 bits per heavy atom. The van der Waals surface area contributed by atoms with Crippen LogP contribution in [0.25, 0.3) is 0 Å². The number of hydrazone groups is 1. The fourth-order valence-corrected chi connectivity index (χ4v) is 4.37. The van der Waals surface area contributed by atoms with Crippen LogP contribution >= 0.6 is 23.2 Å². The number of benzene rings is 3. The minimum absolute atomic E-state index is 0.00269. The fraction of sp³-hybridized carbons (Fsp3) is 0.0952. The Bertz CT molecular complexity index is 1240. The molecule has 1 aliphatic rings. The largest absolute Gasteiger partial charge is 0.508 e. The van der Waals surface area contributed by atoms with Gasteiger partial charge < -0.3 is 5.11 Å². The summed E-state index contributed by atoms with van der Waals surface area (Å²) in [5.74, 6) is 0.0890. The highest BCUT2D eigenvalue weighted by Crippen LogP contribution is 2.41. The van der Waals surface area contributed by atoms with Crippen LogP contribution in [0.5, 0.6) is 5.75 Å². The van der Waals surface area contributed by atoms with Crippen LogP contribution < -0.4 is 10.1 Å². The van der Waals surface area contributed by atoms with E-state index in [0.717, 1.165) is 11.3 Å². The number of phenols is 1. The molecule has 154 valence electrons. The quantitative estimate of drug-likeness (QED) is 0.588. The zero-order chi connectivity index (χ0) is 21.5. The van der Waals surface area contributed by atoms with Gasteiger partial charge in [-0.1, -0.05) is 41.4 Å². The van der Waals surface area contributed by atoms with Gasteiger partial charge in [0.15, 0.2) is 0 Å². The van der Waals surface area contributed by atoms with E-state index in [1.807, 2.05) is 18.2 Å². The molecule has 0 saturated heterocycles. The molecule has 0 amide bonds. The number of nitrogens with two attached hydrogens (primary N) is 1. The van der Waals surface area contributed by atoms with Crippen molar-refractivity contribution in [2.45, 2.75) is 17.4 Å². The van der Waals surface area contributed by atoms with Crippen LogP contribution in [0, 0.1) is 0 Å². The van der Waals surface area contributed by atoms with Gasteiger partial charge in [0.25, 0.3) is 0 Å². The van der Waals surface area contributed by atoms with Crippen LogP contribution in [0.15, 0.2) is 76.7 Å². The molecule has 1 aliphatic heterocycles. The Kier molecular flexibility index (Phi) is 5.46. The number of hydrogen-bond donors (Lipinski definition) is 2. The van der Waals surface area contributed by atoms with Crippen LogP contribution in [-0.4, -0.2) is 19.2 Å². The molecule has 1 atom stereocenters. The monoisotopic (exact) mass is 461 g/mol. The summed E-state index contributed by atoms with van der Waals surface area (Å²) in [6.45, 7) is 0. The summed E-state index contributed by atoms with van der Waals surface area (Å²) in [6.07, 6.45) is 0.467. The second-order valence-corrected chi connectivity index (χ2v) is 9.24. The normalized spacial score (nSPS) is 16.6. The van der Waals surface area contributed by atoms with Crippen LogP contribution in [0.2, 0.25) is 10.0 Å². The van der Waals surface area contributed by atoms with Crippen molar-refractivity contribution in [3.63, 3.8) is 0 Å². The molecule has 1 unspecified atom stereocenters. The highest BCUT2D eigenvalue weighted by molar-refractivity contribution is 7.89. The number of anilines is 1. The Balaban J connectivity index is 1.81. The smallest absolute Gasteiger partial charge is 0.238 e. The summed E-state index contributed by atoms with van der Waals surface area (Å²) in [6, 6.07) is 17.9. The van der Waals surface area contributed by atoms with E-state index in [0.29, 0.717) is 27.7 Å². The molecular weight excluding hydrogens is 445 g/mol. The maximum absolute atomic E-state index is 11.6. The molecule has 6 nitrogen and oxygen atoms in total. The molecule has 0 saturated carbocycles. The maximum atomic E-state index is 11.6. The highest BCUT2D eigenvalue weighted by Gasteiger charge is 2.32. The Hall–Kier alpha value is -2.58. The SMILES string of the molecule is NS(=O)(=O)c1ccc(N2N=C(c3ccccc3Cl)CC2c2cc(Cl)ccc2O)cc1. The predicted octanol–water partition coefficient (Wildman–Crippen LogP) is 4.70. The summed E-state index contributed by atoms with van der Waals surface area (Å²) in [5.41, 5.74) is 2.76. The Labute approximate surface area is 184 Å². The van der Waals surface area contributed by atoms with E-state index in [9.17, 15) is 13.5 Å². The molecule has 9 heteroatoms. The summed E-state index contributed by atoms with van der Waals surface area (Å²) in [7, 11) is -3.81. The number of halogens is 2. The van der Waals surface area contributed by atoms with Crippen molar-refractivity contribution in [2.75, 3.05) is 5.01 Å². The van der Waals surface area contributed by atoms with Crippen molar-refractivity contribution in [3.05, 3.63) is 87.9 Å². The van der Waals surface area contributed by atoms with Gasteiger partial charge in [0.2, 0.25) is 10.0 Å². The molecule has 4 rings (SSSR count). The van der Waals surface area contributed by atoms with Gasteiger partial charge in [-0.2, -0.15) is 5.10 Å². The minimum atomic E-state index is -3.81. The van der Waals surface area contributed by atoms with Crippen LogP contribution in [0.3, 0.4) is 0 Å². The van der Waals surface area contributed by atoms with Crippen molar-refractivity contribution in [2.24, 2.45) is 10.2 Å². The first-order valence-corrected chi connectivity index (χ1v) is 11.3. The molecule has 0 spiro atoms. The predicted molar refractivity (Wildman–Crippen MR) is 119 cm³/mol. The fourth-order valence-electron chi connectivity index (χ4n) is 3.43. The van der Waals surface area contributed by atoms with Crippen molar-refractivity contribution in [1.29, 1.82) is 0 Å². The molecule has 30 heavy (non-hydrogen) atoms. The molecule has 0 fully saturated rings. The minimum Gasteiger partial charge on any atom is -0.508 e. The summed E-state index contributed by atoms with van der Waals surface area (Å²) in [5, 5.41) is 23.2. The zero-order valence-electron chi connectivity index (χ0n) is 15.5. The Morgan fingerprint density at radius 1 is 1.03 bits per heavy atom. The molecular formula is C21H17Cl2N3O3S. The summed E-state index contributed by atoms with van der Waals surface area (Å²) in [4.78, 5) is 0.00269. The van der Waals surface area contributed by atoms with Crippen molar-refractivity contribution in [3.8, 4) is 5.75 Å². The van der Waals surface area contributed by atoms with E-state index in [1.54, 1.807) is 35.3 Å². The first kappa shape index (κ1) is 20.7. The van der Waals surface area contributed by atoms with Gasteiger partial charge in [0, 0.05) is 27.6 Å². The van der Waals surface area contributed by atoms with E-state index in [1.165, 1.54) is 18.2 Å². The number of aromatic hydroxyl groups is 1. The number of phenolic OH excluding ortho intramolecular Hbond substituents is 1. The lowest BCUT2D eigenvalue weighted by Crippen LogP contribution is -2.19. The van der Waals surface area contributed by atoms with Crippen molar-refractivity contribution in [1.82, 2.24) is 0 Å². The number of sulfonamides is 1. The van der Waals surface area contributed by atoms with Gasteiger partial charge in [-0.15, -0.1) is 0 Å². The standard InChI is InChI=1S/C21H17Cl2N3O3S/c22-13-5-10-21(27)17(11-13)20-12-19(16-3-1-2-4-18(16)23)25-26(20)14-6-8-15(9-7-14)30(24,28)29/h1-11,20,27H,12H2,(H2,24,28,29). The van der Waals surface area contributed by atoms with Gasteiger partial charge in [0.1, 0.15) is 5.75 Å². The second-order valence-electron chi connectivity index (χ2n) is 6.83. The van der Waals surface area contributed by atoms with Crippen molar-refractivity contribution < 1.29 is 13.5 Å². The average molecular weight is 462 g/mol. The molecule has 1 heterocycles. The molecule has 3 N–H and O–H groups in total. The maximum Gasteiger partial charge on any atom is 0.238 e. The van der Waals surface area contributed by atoms with Gasteiger partial charge >= 0.3 is 0 Å². The number of nitrogens with zero attached hydrogens (tertiary/aromatic N) is 2. The lowest BCUT2D eigenvalue weighted by molar-refractivity contribution is 0.461. The average Bonchev–Trinajstić information content (AvgIpc) is 3.14. The summed E-state index contributed by atoms with van der Waals surface area (Å²) >= 11 is 12.5. The Morgan fingerprint density at radius 2 is 1.73 bits per heavy atom. The first-order chi connectivity index (χ1) is 14.2. The first-order valence-electron chi connectivity index (χ1n) is 8.97. The molecule has 0 aromatic heterocycles. The lowest BCUT2D eigenvalue weighted by atomic mass is 9.97. The number of primary sulfonamides is 1. The molecule has 0 bridgehead atoms. The van der Waals surface area contributed by atoms with E-state index < -0.39 is 10.0 Å². The van der Waals surface area contributed by atoms with E-state index >= 15 is 0 Å². The van der Waals surface area contributed by atoms with Crippen molar-refractivity contribution >= 4 is 44.6 Å². The van der Waals surface area contributed by atoms with E-state index in [4.69, 9.17) is 33.4 Å². The molecule has 3 aromatic carbocycles. The topological polar surface area (TPSA) is 96.0 Å². The van der Waals surface area contributed by atoms with Crippen LogP contribution in [-0.2, 0) is 10.0 Å². The van der Waals surface area contributed by atoms with E-state index in [-0.39, 0.29) is 16.7 Å². The number of hydrogen-bond acceptors (Lipinski definition) is 5. The van der Waals surface area contributed by atoms with Gasteiger partial charge in [-0.05, 0) is 48.5 Å². The van der Waals surface area contributed by atoms with Gasteiger partial charge in [-0.25, -0.2) is 13.6 Å². The second kappa shape index (κ2) is 7.92. The highest BCUT2D eigenvalue weighted by atomic mass is 35.5. The van der Waals surface area contributed by atoms with Crippen LogP contribution in [0.1, 0.15) is 23.6 Å². The number of rotatable bonds is 4.